The van der Waals surface area contributed by atoms with Crippen LogP contribution in [0, 0.1) is 0 Å². The van der Waals surface area contributed by atoms with E-state index in [0.717, 1.165) is 33.4 Å². The summed E-state index contributed by atoms with van der Waals surface area (Å²) >= 11 is 0. The average Bonchev–Trinajstić information content (AvgIpc) is 2.85. The maximum Gasteiger partial charge on any atom is 2.00 e. The Morgan fingerprint density at radius 3 is 0.911 bits per heavy atom. The Bertz CT molecular complexity index is 1030. The van der Waals surface area contributed by atoms with Crippen LogP contribution in [-0.4, -0.2) is 61.2 Å². The zero-order chi connectivity index (χ0) is 34.3. The van der Waals surface area contributed by atoms with Crippen LogP contribution in [-0.2, 0) is 53.0 Å². The smallest absolute Gasteiger partial charge is 0.786 e. The van der Waals surface area contributed by atoms with Crippen LogP contribution in [0.5, 0.6) is 11.5 Å². The molecule has 0 saturated carbocycles. The number of hydrogen-bond donors (Lipinski definition) is 2. The Hall–Kier alpha value is -0.0803. The van der Waals surface area contributed by atoms with E-state index in [0.29, 0.717) is 24.7 Å². The van der Waals surface area contributed by atoms with Gasteiger partial charge in [-0.15, -0.1) is 0 Å². The van der Waals surface area contributed by atoms with Crippen molar-refractivity contribution >= 4 is 54.9 Å². The predicted octanol–water partition coefficient (Wildman–Crippen LogP) is 7.87. The normalized spacial score (nSPS) is 13.9. The number of benzene rings is 2. The van der Waals surface area contributed by atoms with Gasteiger partial charge >= 0.3 is 37.7 Å². The third-order valence-corrected chi connectivity index (χ3v) is 8.33. The molecule has 252 valence electrons. The Labute approximate surface area is 305 Å². The fourth-order valence-corrected chi connectivity index (χ4v) is 5.46. The van der Waals surface area contributed by atoms with Crippen molar-refractivity contribution in [3.8, 4) is 11.5 Å². The van der Waals surface area contributed by atoms with Gasteiger partial charge in [0.15, 0.2) is 0 Å². The van der Waals surface area contributed by atoms with Gasteiger partial charge in [0, 0.05) is 13.2 Å². The van der Waals surface area contributed by atoms with Crippen molar-refractivity contribution in [2.75, 3.05) is 13.2 Å². The van der Waals surface area contributed by atoms with Gasteiger partial charge in [-0.05, 0) is 93.2 Å². The maximum absolute atomic E-state index is 11.5. The number of phenolic OH excluding ortho intramolecular Hbond substituents is 2. The van der Waals surface area contributed by atoms with Gasteiger partial charge in [-0.3, -0.25) is 0 Å². The molecule has 8 nitrogen and oxygen atoms in total. The van der Waals surface area contributed by atoms with Crippen molar-refractivity contribution in [1.29, 1.82) is 0 Å². The molecular formula is C34H56CaO8P2. The van der Waals surface area contributed by atoms with Crippen molar-refractivity contribution in [3.05, 3.63) is 57.6 Å². The minimum absolute atomic E-state index is 0. The molecule has 0 bridgehead atoms. The summed E-state index contributed by atoms with van der Waals surface area (Å²) in [4.78, 5) is 23.0. The van der Waals surface area contributed by atoms with Crippen LogP contribution >= 0.6 is 17.2 Å². The van der Waals surface area contributed by atoms with Crippen LogP contribution in [0.1, 0.15) is 130 Å². The minimum atomic E-state index is -2.10. The summed E-state index contributed by atoms with van der Waals surface area (Å²) < 4.78 is 20.3. The number of phenols is 2. The molecule has 0 heterocycles. The minimum Gasteiger partial charge on any atom is -0.786 e. The molecule has 0 aliphatic carbocycles. The summed E-state index contributed by atoms with van der Waals surface area (Å²) in [6.45, 7) is 29.3. The van der Waals surface area contributed by atoms with Crippen molar-refractivity contribution in [1.82, 2.24) is 0 Å². The summed E-state index contributed by atoms with van der Waals surface area (Å²) in [5.74, 6) is 0.663. The molecule has 2 aromatic rings. The maximum atomic E-state index is 11.5. The van der Waals surface area contributed by atoms with E-state index in [9.17, 15) is 20.0 Å². The van der Waals surface area contributed by atoms with E-state index in [1.807, 2.05) is 24.3 Å². The number of aromatic hydroxyl groups is 2. The molecule has 11 heteroatoms. The zero-order valence-corrected chi connectivity index (χ0v) is 34.1. The second kappa shape index (κ2) is 18.6. The van der Waals surface area contributed by atoms with Gasteiger partial charge < -0.3 is 38.1 Å². The molecular weight excluding hydrogens is 638 g/mol. The Morgan fingerprint density at radius 2 is 0.733 bits per heavy atom. The molecule has 2 N–H and O–H groups in total. The van der Waals surface area contributed by atoms with Gasteiger partial charge in [-0.25, -0.2) is 0 Å². The molecule has 0 aliphatic rings. The van der Waals surface area contributed by atoms with Gasteiger partial charge in [0.25, 0.3) is 0 Å². The molecule has 0 saturated heterocycles. The fraction of sp³-hybridized carbons (Fsp3) is 0.647. The Morgan fingerprint density at radius 1 is 0.511 bits per heavy atom. The van der Waals surface area contributed by atoms with Gasteiger partial charge in [0.1, 0.15) is 11.5 Å². The second-order valence-electron chi connectivity index (χ2n) is 14.9. The molecule has 0 amide bonds. The third kappa shape index (κ3) is 14.9. The van der Waals surface area contributed by atoms with Crippen LogP contribution < -0.4 is 9.79 Å². The van der Waals surface area contributed by atoms with E-state index < -0.39 is 17.2 Å². The average molecular weight is 695 g/mol. The first kappa shape index (κ1) is 44.9. The van der Waals surface area contributed by atoms with Crippen LogP contribution in [0.4, 0.5) is 0 Å². The van der Waals surface area contributed by atoms with E-state index in [1.165, 1.54) is 0 Å². The van der Waals surface area contributed by atoms with E-state index in [1.54, 1.807) is 13.8 Å². The first-order valence-corrected chi connectivity index (χ1v) is 17.3. The topological polar surface area (TPSA) is 124 Å². The summed E-state index contributed by atoms with van der Waals surface area (Å²) in [5.41, 5.74) is 4.46. The van der Waals surface area contributed by atoms with E-state index >= 15 is 0 Å². The summed E-state index contributed by atoms with van der Waals surface area (Å²) in [6, 6.07) is 7.67. The second-order valence-corrected chi connectivity index (χ2v) is 16.8. The molecule has 0 aromatic heterocycles. The van der Waals surface area contributed by atoms with Crippen LogP contribution in [0.15, 0.2) is 24.3 Å². The van der Waals surface area contributed by atoms with Crippen LogP contribution in [0.2, 0.25) is 0 Å². The SMILES string of the molecule is CCOP([O-])OCc1cc(C(C)(C)C)c(O)c(C(C)(C)C)c1.CCOP([O-])OCc1cc(C(C)(C)C)c(O)c(C(C)(C)C)c1.[Ca+2]. The van der Waals surface area contributed by atoms with Gasteiger partial charge in [0.05, 0.1) is 30.4 Å². The van der Waals surface area contributed by atoms with Crippen LogP contribution in [0.3, 0.4) is 0 Å². The Kier molecular flexibility index (Phi) is 18.6. The largest absolute Gasteiger partial charge is 2.00 e. The van der Waals surface area contributed by atoms with Crippen molar-refractivity contribution in [3.63, 3.8) is 0 Å². The third-order valence-electron chi connectivity index (χ3n) is 6.71. The molecule has 2 atom stereocenters. The quantitative estimate of drug-likeness (QED) is 0.190. The Balaban J connectivity index is 0.000000842. The number of rotatable bonds is 10. The summed E-state index contributed by atoms with van der Waals surface area (Å²) in [7, 11) is -4.20. The number of hydrogen-bond acceptors (Lipinski definition) is 8. The van der Waals surface area contributed by atoms with E-state index in [2.05, 4.69) is 83.1 Å². The molecule has 45 heavy (non-hydrogen) atoms. The summed E-state index contributed by atoms with van der Waals surface area (Å²) in [5, 5.41) is 21.2. The molecule has 0 spiro atoms. The van der Waals surface area contributed by atoms with Crippen molar-refractivity contribution < 1.29 is 38.1 Å². The van der Waals surface area contributed by atoms with E-state index in [4.69, 9.17) is 18.1 Å². The first-order chi connectivity index (χ1) is 19.9. The predicted molar refractivity (Wildman–Crippen MR) is 183 cm³/mol. The zero-order valence-electron chi connectivity index (χ0n) is 30.1. The molecule has 2 aromatic carbocycles. The van der Waals surface area contributed by atoms with Crippen LogP contribution in [0.25, 0.3) is 0 Å². The van der Waals surface area contributed by atoms with E-state index in [-0.39, 0.29) is 72.6 Å². The monoisotopic (exact) mass is 694 g/mol. The molecule has 2 rings (SSSR count). The van der Waals surface area contributed by atoms with Gasteiger partial charge in [0.2, 0.25) is 0 Å². The standard InChI is InChI=1S/2C17H28O4P.Ca/c2*1-8-20-22(19)21-11-12-9-13(16(2,3)4)15(18)14(10-12)17(5,6)7;/h2*9-10,18H,8,11H2,1-7H3;/q2*-1;+2. The summed E-state index contributed by atoms with van der Waals surface area (Å²) in [6.07, 6.45) is 0. The molecule has 2 unspecified atom stereocenters. The van der Waals surface area contributed by atoms with Crippen molar-refractivity contribution in [2.45, 2.75) is 132 Å². The first-order valence-electron chi connectivity index (χ1n) is 15.1. The van der Waals surface area contributed by atoms with Crippen molar-refractivity contribution in [2.24, 2.45) is 0 Å². The fourth-order valence-electron chi connectivity index (χ4n) is 4.38. The van der Waals surface area contributed by atoms with Gasteiger partial charge in [-0.2, -0.15) is 0 Å². The molecule has 0 radical (unpaired) electrons. The molecule has 0 aliphatic heterocycles. The molecule has 0 fully saturated rings. The van der Waals surface area contributed by atoms with Gasteiger partial charge in [-0.1, -0.05) is 83.1 Å².